The van der Waals surface area contributed by atoms with Crippen LogP contribution in [0, 0.1) is 0 Å². The van der Waals surface area contributed by atoms with Crippen LogP contribution >= 0.6 is 24.0 Å². The molecule has 2 aliphatic rings. The molecule has 3 rings (SSSR count). The van der Waals surface area contributed by atoms with Gasteiger partial charge in [-0.15, -0.1) is 24.0 Å². The van der Waals surface area contributed by atoms with E-state index in [0.29, 0.717) is 19.1 Å². The molecule has 10 nitrogen and oxygen atoms in total. The van der Waals surface area contributed by atoms with E-state index in [-0.39, 0.29) is 48.4 Å². The van der Waals surface area contributed by atoms with E-state index in [2.05, 4.69) is 30.4 Å². The number of rotatable bonds is 8. The largest absolute Gasteiger partial charge is 0.377 e. The SMILES string of the molecule is CCc1nc2n(n1)CC(NC(=NC)NCCS(=O)(=O)NCC1CCCCO1)CC2.I. The highest BCUT2D eigenvalue weighted by Gasteiger charge is 2.22. The number of guanidine groups is 1. The molecule has 0 saturated carbocycles. The van der Waals surface area contributed by atoms with Gasteiger partial charge in [-0.1, -0.05) is 6.92 Å². The first-order valence-electron chi connectivity index (χ1n) is 10.5. The molecule has 0 radical (unpaired) electrons. The van der Waals surface area contributed by atoms with Crippen LogP contribution in [-0.2, 0) is 34.1 Å². The Morgan fingerprint density at radius 2 is 2.17 bits per heavy atom. The summed E-state index contributed by atoms with van der Waals surface area (Å²) in [7, 11) is -1.67. The van der Waals surface area contributed by atoms with Gasteiger partial charge in [0.2, 0.25) is 10.0 Å². The summed E-state index contributed by atoms with van der Waals surface area (Å²) in [5.74, 6) is 2.49. The zero-order valence-corrected chi connectivity index (χ0v) is 20.9. The van der Waals surface area contributed by atoms with Gasteiger partial charge in [-0.2, -0.15) is 5.10 Å². The molecular weight excluding hydrogens is 521 g/mol. The van der Waals surface area contributed by atoms with Crippen molar-refractivity contribution < 1.29 is 13.2 Å². The Hall–Kier alpha value is -0.990. The second-order valence-corrected chi connectivity index (χ2v) is 9.44. The molecule has 2 aliphatic heterocycles. The number of nitrogens with one attached hydrogen (secondary N) is 3. The number of aromatic nitrogens is 3. The average Bonchev–Trinajstić information content (AvgIpc) is 3.15. The van der Waals surface area contributed by atoms with Crippen LogP contribution in [0.1, 0.15) is 44.3 Å². The van der Waals surface area contributed by atoms with Crippen LogP contribution in [0.2, 0.25) is 0 Å². The fourth-order valence-corrected chi connectivity index (χ4v) is 4.54. The predicted molar refractivity (Wildman–Crippen MR) is 127 cm³/mol. The molecule has 0 spiro atoms. The standard InChI is InChI=1S/C18H33N7O3S.HI/c1-3-16-23-17-8-7-14(13-25(17)24-16)22-18(19-2)20-9-11-29(26,27)21-12-15-6-4-5-10-28-15;/h14-15,21H,3-13H2,1-2H3,(H2,19,20,22);1H. The lowest BCUT2D eigenvalue weighted by Crippen LogP contribution is -2.48. The number of nitrogens with zero attached hydrogens (tertiary/aromatic N) is 4. The molecule has 0 amide bonds. The van der Waals surface area contributed by atoms with Crippen LogP contribution in [-0.4, -0.2) is 73.8 Å². The van der Waals surface area contributed by atoms with Crippen molar-refractivity contribution in [3.05, 3.63) is 11.6 Å². The molecule has 0 aliphatic carbocycles. The summed E-state index contributed by atoms with van der Waals surface area (Å²) >= 11 is 0. The molecule has 1 aromatic heterocycles. The molecule has 3 N–H and O–H groups in total. The monoisotopic (exact) mass is 555 g/mol. The number of halogens is 1. The minimum Gasteiger partial charge on any atom is -0.377 e. The van der Waals surface area contributed by atoms with Gasteiger partial charge in [0.25, 0.3) is 0 Å². The van der Waals surface area contributed by atoms with Gasteiger partial charge in [0.05, 0.1) is 18.4 Å². The van der Waals surface area contributed by atoms with Crippen LogP contribution in [0.15, 0.2) is 4.99 Å². The molecule has 172 valence electrons. The summed E-state index contributed by atoms with van der Waals surface area (Å²) in [6.07, 6.45) is 5.67. The molecule has 30 heavy (non-hydrogen) atoms. The Kier molecular flexibility index (Phi) is 10.2. The normalized spacial score (nSPS) is 22.1. The van der Waals surface area contributed by atoms with Crippen molar-refractivity contribution in [2.45, 2.75) is 64.1 Å². The number of hydrogen-bond donors (Lipinski definition) is 3. The summed E-state index contributed by atoms with van der Waals surface area (Å²) in [6.45, 7) is 4.12. The van der Waals surface area contributed by atoms with Gasteiger partial charge in [-0.05, 0) is 25.7 Å². The Balaban J connectivity index is 0.00000320. The van der Waals surface area contributed by atoms with Gasteiger partial charge in [-0.25, -0.2) is 22.8 Å². The molecule has 3 heterocycles. The predicted octanol–water partition coefficient (Wildman–Crippen LogP) is 0.427. The number of fused-ring (bicyclic) bond motifs is 1. The lowest BCUT2D eigenvalue weighted by molar-refractivity contribution is 0.0200. The summed E-state index contributed by atoms with van der Waals surface area (Å²) in [4.78, 5) is 8.74. The number of aliphatic imine (C=N–C) groups is 1. The van der Waals surface area contributed by atoms with E-state index in [1.165, 1.54) is 0 Å². The summed E-state index contributed by atoms with van der Waals surface area (Å²) < 4.78 is 34.6. The van der Waals surface area contributed by atoms with Crippen LogP contribution < -0.4 is 15.4 Å². The van der Waals surface area contributed by atoms with Crippen molar-refractivity contribution in [1.82, 2.24) is 30.1 Å². The van der Waals surface area contributed by atoms with Crippen LogP contribution in [0.3, 0.4) is 0 Å². The minimum atomic E-state index is -3.36. The summed E-state index contributed by atoms with van der Waals surface area (Å²) in [6, 6.07) is 0.179. The fourth-order valence-electron chi connectivity index (χ4n) is 3.58. The maximum atomic E-state index is 12.2. The van der Waals surface area contributed by atoms with Gasteiger partial charge < -0.3 is 15.4 Å². The summed E-state index contributed by atoms with van der Waals surface area (Å²) in [5, 5.41) is 11.0. The van der Waals surface area contributed by atoms with Gasteiger partial charge in [0.1, 0.15) is 5.82 Å². The first-order chi connectivity index (χ1) is 14.0. The Labute approximate surface area is 196 Å². The highest BCUT2D eigenvalue weighted by molar-refractivity contribution is 14.0. The maximum absolute atomic E-state index is 12.2. The fraction of sp³-hybridized carbons (Fsp3) is 0.833. The molecule has 2 unspecified atom stereocenters. The highest BCUT2D eigenvalue weighted by Crippen LogP contribution is 2.13. The van der Waals surface area contributed by atoms with Crippen LogP contribution in [0.4, 0.5) is 0 Å². The number of hydrogen-bond acceptors (Lipinski definition) is 6. The van der Waals surface area contributed by atoms with Gasteiger partial charge in [0, 0.05) is 45.6 Å². The van der Waals surface area contributed by atoms with E-state index in [4.69, 9.17) is 4.74 Å². The van der Waals surface area contributed by atoms with Crippen molar-refractivity contribution in [3.63, 3.8) is 0 Å². The highest BCUT2D eigenvalue weighted by atomic mass is 127. The third-order valence-electron chi connectivity index (χ3n) is 5.25. The van der Waals surface area contributed by atoms with Gasteiger partial charge >= 0.3 is 0 Å². The van der Waals surface area contributed by atoms with Crippen LogP contribution in [0.5, 0.6) is 0 Å². The molecule has 12 heteroatoms. The molecule has 2 atom stereocenters. The van der Waals surface area contributed by atoms with E-state index in [1.807, 2.05) is 11.6 Å². The Morgan fingerprint density at radius 3 is 2.87 bits per heavy atom. The number of ether oxygens (including phenoxy) is 1. The van der Waals surface area contributed by atoms with E-state index in [0.717, 1.165) is 56.7 Å². The first kappa shape index (κ1) is 25.3. The average molecular weight is 555 g/mol. The molecule has 1 saturated heterocycles. The van der Waals surface area contributed by atoms with Crippen molar-refractivity contribution in [2.75, 3.05) is 32.5 Å². The van der Waals surface area contributed by atoms with Crippen molar-refractivity contribution in [2.24, 2.45) is 4.99 Å². The minimum absolute atomic E-state index is 0. The zero-order valence-electron chi connectivity index (χ0n) is 17.8. The van der Waals surface area contributed by atoms with E-state index < -0.39 is 10.0 Å². The van der Waals surface area contributed by atoms with E-state index >= 15 is 0 Å². The third-order valence-corrected chi connectivity index (χ3v) is 6.60. The van der Waals surface area contributed by atoms with Crippen molar-refractivity contribution in [1.29, 1.82) is 0 Å². The van der Waals surface area contributed by atoms with Gasteiger partial charge in [-0.3, -0.25) is 4.99 Å². The second kappa shape index (κ2) is 12.2. The lowest BCUT2D eigenvalue weighted by Gasteiger charge is -2.25. The lowest BCUT2D eigenvalue weighted by atomic mass is 10.1. The smallest absolute Gasteiger partial charge is 0.213 e. The molecule has 0 bridgehead atoms. The zero-order chi connectivity index (χ0) is 20.7. The summed E-state index contributed by atoms with van der Waals surface area (Å²) in [5.41, 5.74) is 0. The molecule has 1 fully saturated rings. The van der Waals surface area contributed by atoms with E-state index in [1.54, 1.807) is 7.05 Å². The molecule has 0 aromatic carbocycles. The second-order valence-electron chi connectivity index (χ2n) is 7.51. The van der Waals surface area contributed by atoms with Crippen molar-refractivity contribution in [3.8, 4) is 0 Å². The third kappa shape index (κ3) is 7.61. The Bertz CT molecular complexity index is 794. The number of aryl methyl sites for hydroxylation is 2. The van der Waals surface area contributed by atoms with Crippen molar-refractivity contribution >= 4 is 40.0 Å². The topological polar surface area (TPSA) is 123 Å². The molecule has 1 aromatic rings. The van der Waals surface area contributed by atoms with E-state index in [9.17, 15) is 8.42 Å². The van der Waals surface area contributed by atoms with Gasteiger partial charge in [0.15, 0.2) is 11.8 Å². The van der Waals surface area contributed by atoms with Crippen LogP contribution in [0.25, 0.3) is 0 Å². The molecular formula is C18H34IN7O3S. The number of sulfonamides is 1. The first-order valence-corrected chi connectivity index (χ1v) is 12.1. The quantitative estimate of drug-likeness (QED) is 0.242. The maximum Gasteiger partial charge on any atom is 0.213 e. The Morgan fingerprint density at radius 1 is 1.33 bits per heavy atom.